The fraction of sp³-hybridized carbons (Fsp3) is 0.500. The normalized spacial score (nSPS) is 11.6. The van der Waals surface area contributed by atoms with Crippen LogP contribution in [0.3, 0.4) is 0 Å². The Morgan fingerprint density at radius 3 is 2.25 bits per heavy atom. The first-order valence-corrected chi connectivity index (χ1v) is 13.5. The number of aryl methyl sites for hydroxylation is 1. The maximum atomic E-state index is 13.6. The lowest BCUT2D eigenvalue weighted by atomic mass is 10.1. The van der Waals surface area contributed by atoms with E-state index in [9.17, 15) is 9.59 Å². The van der Waals surface area contributed by atoms with Crippen molar-refractivity contribution in [3.05, 3.63) is 57.6 Å². The van der Waals surface area contributed by atoms with Crippen LogP contribution in [0.1, 0.15) is 64.5 Å². The molecule has 8 heteroatoms. The predicted octanol–water partition coefficient (Wildman–Crippen LogP) is 6.45. The number of hydrogen-bond acceptors (Lipinski definition) is 4. The SMILES string of the molecule is CCCCNC(=O)C(CC)N(Cc1c(Cl)cccc1Cl)C(=O)CCc1ccc(OCC)c(OCC)c1. The summed E-state index contributed by atoms with van der Waals surface area (Å²) in [6, 6.07) is 10.3. The van der Waals surface area contributed by atoms with Crippen LogP contribution < -0.4 is 14.8 Å². The van der Waals surface area contributed by atoms with Gasteiger partial charge in [-0.3, -0.25) is 9.59 Å². The van der Waals surface area contributed by atoms with Crippen LogP contribution in [0.5, 0.6) is 11.5 Å². The average Bonchev–Trinajstić information content (AvgIpc) is 2.86. The second-order valence-corrected chi connectivity index (χ2v) is 9.25. The van der Waals surface area contributed by atoms with E-state index in [4.69, 9.17) is 32.7 Å². The van der Waals surface area contributed by atoms with Gasteiger partial charge in [-0.1, -0.05) is 55.6 Å². The predicted molar refractivity (Wildman–Crippen MR) is 146 cm³/mol. The van der Waals surface area contributed by atoms with Crippen molar-refractivity contribution in [1.82, 2.24) is 10.2 Å². The van der Waals surface area contributed by atoms with Gasteiger partial charge in [0.15, 0.2) is 11.5 Å². The van der Waals surface area contributed by atoms with Crippen LogP contribution >= 0.6 is 23.2 Å². The lowest BCUT2D eigenvalue weighted by molar-refractivity contribution is -0.141. The summed E-state index contributed by atoms with van der Waals surface area (Å²) in [5, 5.41) is 3.90. The molecule has 0 fully saturated rings. The summed E-state index contributed by atoms with van der Waals surface area (Å²) in [5.74, 6) is 1.03. The van der Waals surface area contributed by atoms with Gasteiger partial charge in [0.2, 0.25) is 11.8 Å². The molecule has 1 unspecified atom stereocenters. The summed E-state index contributed by atoms with van der Waals surface area (Å²) in [4.78, 5) is 28.2. The van der Waals surface area contributed by atoms with E-state index in [0.717, 1.165) is 18.4 Å². The van der Waals surface area contributed by atoms with Crippen molar-refractivity contribution >= 4 is 35.0 Å². The first-order chi connectivity index (χ1) is 17.4. The molecule has 0 saturated heterocycles. The molecule has 0 aromatic heterocycles. The Hall–Kier alpha value is -2.44. The maximum absolute atomic E-state index is 13.6. The minimum atomic E-state index is -0.624. The number of rotatable bonds is 15. The first kappa shape index (κ1) is 29.8. The number of carbonyl (C=O) groups excluding carboxylic acids is 2. The van der Waals surface area contributed by atoms with E-state index >= 15 is 0 Å². The number of hydrogen-bond donors (Lipinski definition) is 1. The maximum Gasteiger partial charge on any atom is 0.242 e. The summed E-state index contributed by atoms with van der Waals surface area (Å²) >= 11 is 12.8. The molecule has 0 spiro atoms. The monoisotopic (exact) mass is 536 g/mol. The van der Waals surface area contributed by atoms with Gasteiger partial charge in [-0.25, -0.2) is 0 Å². The molecule has 0 aliphatic heterocycles. The van der Waals surface area contributed by atoms with Crippen LogP contribution in [0.4, 0.5) is 0 Å². The Balaban J connectivity index is 2.26. The van der Waals surface area contributed by atoms with Crippen LogP contribution in [-0.4, -0.2) is 42.5 Å². The van der Waals surface area contributed by atoms with E-state index < -0.39 is 6.04 Å². The highest BCUT2D eigenvalue weighted by Gasteiger charge is 2.29. The van der Waals surface area contributed by atoms with Crippen molar-refractivity contribution in [3.8, 4) is 11.5 Å². The molecule has 0 aliphatic rings. The summed E-state index contributed by atoms with van der Waals surface area (Å²) in [6.07, 6.45) is 3.04. The average molecular weight is 538 g/mol. The van der Waals surface area contributed by atoms with E-state index in [2.05, 4.69) is 12.2 Å². The largest absolute Gasteiger partial charge is 0.490 e. The molecular formula is C28H38Cl2N2O4. The fourth-order valence-corrected chi connectivity index (χ4v) is 4.44. The highest BCUT2D eigenvalue weighted by atomic mass is 35.5. The summed E-state index contributed by atoms with van der Waals surface area (Å²) in [6.45, 7) is 9.59. The third-order valence-electron chi connectivity index (χ3n) is 5.84. The lowest BCUT2D eigenvalue weighted by Crippen LogP contribution is -2.49. The van der Waals surface area contributed by atoms with Crippen molar-refractivity contribution < 1.29 is 19.1 Å². The van der Waals surface area contributed by atoms with Gasteiger partial charge in [0.1, 0.15) is 6.04 Å². The molecule has 0 aliphatic carbocycles. The Morgan fingerprint density at radius 2 is 1.64 bits per heavy atom. The number of ether oxygens (including phenoxy) is 2. The van der Waals surface area contributed by atoms with Crippen LogP contribution in [0, 0.1) is 0 Å². The number of unbranched alkanes of at least 4 members (excludes halogenated alkanes) is 1. The number of carbonyl (C=O) groups is 2. The molecule has 1 atom stereocenters. The molecule has 36 heavy (non-hydrogen) atoms. The number of benzene rings is 2. The lowest BCUT2D eigenvalue weighted by Gasteiger charge is -2.31. The van der Waals surface area contributed by atoms with Crippen molar-refractivity contribution in [3.63, 3.8) is 0 Å². The Labute approximate surface area is 225 Å². The number of amides is 2. The molecule has 2 aromatic carbocycles. The van der Waals surface area contributed by atoms with E-state index in [1.165, 1.54) is 0 Å². The highest BCUT2D eigenvalue weighted by molar-refractivity contribution is 6.36. The van der Waals surface area contributed by atoms with E-state index in [1.54, 1.807) is 23.1 Å². The molecular weight excluding hydrogens is 499 g/mol. The van der Waals surface area contributed by atoms with Gasteiger partial charge in [0.05, 0.1) is 13.2 Å². The van der Waals surface area contributed by atoms with Crippen LogP contribution in [0.15, 0.2) is 36.4 Å². The summed E-state index contributed by atoms with van der Waals surface area (Å²) in [5.41, 5.74) is 1.58. The molecule has 0 heterocycles. The zero-order valence-electron chi connectivity index (χ0n) is 21.7. The minimum absolute atomic E-state index is 0.143. The van der Waals surface area contributed by atoms with Gasteiger partial charge >= 0.3 is 0 Å². The highest BCUT2D eigenvalue weighted by Crippen LogP contribution is 2.30. The van der Waals surface area contributed by atoms with Crippen LogP contribution in [-0.2, 0) is 22.6 Å². The zero-order valence-corrected chi connectivity index (χ0v) is 23.3. The molecule has 0 bridgehead atoms. The molecule has 1 N–H and O–H groups in total. The number of halogens is 2. The molecule has 2 amide bonds. The van der Waals surface area contributed by atoms with Gasteiger partial charge in [-0.15, -0.1) is 0 Å². The molecule has 0 radical (unpaired) electrons. The zero-order chi connectivity index (χ0) is 26.5. The Bertz CT molecular complexity index is 979. The van der Waals surface area contributed by atoms with Crippen LogP contribution in [0.25, 0.3) is 0 Å². The molecule has 198 valence electrons. The summed E-state index contributed by atoms with van der Waals surface area (Å²) in [7, 11) is 0. The van der Waals surface area contributed by atoms with Gasteiger partial charge in [-0.2, -0.15) is 0 Å². The smallest absolute Gasteiger partial charge is 0.242 e. The quantitative estimate of drug-likeness (QED) is 0.265. The fourth-order valence-electron chi connectivity index (χ4n) is 3.93. The first-order valence-electron chi connectivity index (χ1n) is 12.7. The van der Waals surface area contributed by atoms with E-state index in [-0.39, 0.29) is 24.8 Å². The van der Waals surface area contributed by atoms with Gasteiger partial charge in [0, 0.05) is 35.1 Å². The van der Waals surface area contributed by atoms with Crippen molar-refractivity contribution in [1.29, 1.82) is 0 Å². The van der Waals surface area contributed by atoms with E-state index in [1.807, 2.05) is 39.0 Å². The van der Waals surface area contributed by atoms with Gasteiger partial charge in [0.25, 0.3) is 0 Å². The van der Waals surface area contributed by atoms with Gasteiger partial charge < -0.3 is 19.7 Å². The topological polar surface area (TPSA) is 67.9 Å². The van der Waals surface area contributed by atoms with Crippen LogP contribution in [0.2, 0.25) is 10.0 Å². The Morgan fingerprint density at radius 1 is 0.972 bits per heavy atom. The summed E-state index contributed by atoms with van der Waals surface area (Å²) < 4.78 is 11.4. The van der Waals surface area contributed by atoms with Crippen molar-refractivity contribution in [2.75, 3.05) is 19.8 Å². The Kier molecular flexibility index (Phi) is 12.9. The second-order valence-electron chi connectivity index (χ2n) is 8.44. The molecule has 6 nitrogen and oxygen atoms in total. The molecule has 2 rings (SSSR count). The van der Waals surface area contributed by atoms with E-state index in [0.29, 0.717) is 59.7 Å². The second kappa shape index (κ2) is 15.6. The minimum Gasteiger partial charge on any atom is -0.490 e. The third kappa shape index (κ3) is 8.59. The van der Waals surface area contributed by atoms with Crippen molar-refractivity contribution in [2.24, 2.45) is 0 Å². The molecule has 0 saturated carbocycles. The third-order valence-corrected chi connectivity index (χ3v) is 6.55. The standard InChI is InChI=1S/C28H38Cl2N2O4/c1-5-9-17-31-28(34)24(6-2)32(19-21-22(29)11-10-12-23(21)30)27(33)16-14-20-13-15-25(35-7-3)26(18-20)36-8-4/h10-13,15,18,24H,5-9,14,16-17,19H2,1-4H3,(H,31,34). The number of nitrogens with zero attached hydrogens (tertiary/aromatic N) is 1. The van der Waals surface area contributed by atoms with Gasteiger partial charge in [-0.05, 0) is 62.9 Å². The number of nitrogens with one attached hydrogen (secondary N) is 1. The van der Waals surface area contributed by atoms with Crippen molar-refractivity contribution in [2.45, 2.75) is 72.4 Å². The molecule has 2 aromatic rings.